The summed E-state index contributed by atoms with van der Waals surface area (Å²) >= 11 is 1.49. The maximum atomic E-state index is 11.6. The average Bonchev–Trinajstić information content (AvgIpc) is 2.65. The van der Waals surface area contributed by atoms with Gasteiger partial charge in [0.25, 0.3) is 0 Å². The number of rotatable bonds is 5. The van der Waals surface area contributed by atoms with E-state index in [4.69, 9.17) is 5.11 Å². The minimum absolute atomic E-state index is 0.121. The minimum atomic E-state index is -0.991. The first kappa shape index (κ1) is 12.7. The predicted molar refractivity (Wildman–Crippen MR) is 62.4 cm³/mol. The fourth-order valence-electron chi connectivity index (χ4n) is 1.31. The van der Waals surface area contributed by atoms with Crippen molar-refractivity contribution >= 4 is 23.2 Å². The van der Waals surface area contributed by atoms with Gasteiger partial charge in [0.1, 0.15) is 6.04 Å². The molecule has 0 radical (unpaired) electrons. The molecule has 0 saturated heterocycles. The maximum absolute atomic E-state index is 11.6. The number of carbonyl (C=O) groups excluding carboxylic acids is 1. The molecule has 88 valence electrons. The molecule has 16 heavy (non-hydrogen) atoms. The minimum Gasteiger partial charge on any atom is -0.480 e. The highest BCUT2D eigenvalue weighted by atomic mass is 32.1. The number of thiophene rings is 1. The van der Waals surface area contributed by atoms with Gasteiger partial charge >= 0.3 is 5.97 Å². The summed E-state index contributed by atoms with van der Waals surface area (Å²) in [5.41, 5.74) is 0. The zero-order valence-electron chi connectivity index (χ0n) is 9.27. The van der Waals surface area contributed by atoms with Gasteiger partial charge in [0.05, 0.1) is 6.42 Å². The number of nitrogens with one attached hydrogen (secondary N) is 1. The number of carboxylic acid groups (broad SMARTS) is 1. The van der Waals surface area contributed by atoms with Crippen molar-refractivity contribution in [2.24, 2.45) is 5.92 Å². The Hall–Kier alpha value is -1.36. The molecule has 1 aromatic heterocycles. The van der Waals surface area contributed by atoms with Crippen molar-refractivity contribution in [1.29, 1.82) is 0 Å². The third-order valence-corrected chi connectivity index (χ3v) is 3.04. The van der Waals surface area contributed by atoms with Crippen LogP contribution in [0.3, 0.4) is 0 Å². The van der Waals surface area contributed by atoms with Gasteiger partial charge in [-0.1, -0.05) is 19.9 Å². The molecule has 1 amide bonds. The van der Waals surface area contributed by atoms with Gasteiger partial charge in [-0.15, -0.1) is 11.3 Å². The number of carboxylic acids is 1. The third-order valence-electron chi connectivity index (χ3n) is 2.16. The Morgan fingerprint density at radius 3 is 2.62 bits per heavy atom. The second-order valence-corrected chi connectivity index (χ2v) is 4.92. The van der Waals surface area contributed by atoms with Crippen LogP contribution in [0.25, 0.3) is 0 Å². The van der Waals surface area contributed by atoms with Gasteiger partial charge in [-0.2, -0.15) is 0 Å². The molecule has 0 aliphatic rings. The lowest BCUT2D eigenvalue weighted by Gasteiger charge is -2.17. The molecular weight excluding hydrogens is 226 g/mol. The summed E-state index contributed by atoms with van der Waals surface area (Å²) in [5, 5.41) is 13.3. The number of hydrogen-bond acceptors (Lipinski definition) is 3. The molecule has 0 fully saturated rings. The molecule has 0 saturated carbocycles. The monoisotopic (exact) mass is 241 g/mol. The van der Waals surface area contributed by atoms with Crippen LogP contribution in [0.5, 0.6) is 0 Å². The summed E-state index contributed by atoms with van der Waals surface area (Å²) in [6.45, 7) is 3.54. The lowest BCUT2D eigenvalue weighted by molar-refractivity contribution is -0.143. The van der Waals surface area contributed by atoms with Crippen LogP contribution in [0.2, 0.25) is 0 Å². The van der Waals surface area contributed by atoms with E-state index >= 15 is 0 Å². The summed E-state index contributed by atoms with van der Waals surface area (Å²) in [7, 11) is 0. The van der Waals surface area contributed by atoms with Crippen molar-refractivity contribution in [3.8, 4) is 0 Å². The SMILES string of the molecule is CC(C)[C@@H](NC(=O)Cc1cccs1)C(=O)O. The van der Waals surface area contributed by atoms with Crippen LogP contribution in [0, 0.1) is 5.92 Å². The number of hydrogen-bond donors (Lipinski definition) is 2. The Bertz CT molecular complexity index is 359. The molecule has 1 aromatic rings. The lowest BCUT2D eigenvalue weighted by atomic mass is 10.0. The van der Waals surface area contributed by atoms with E-state index < -0.39 is 12.0 Å². The lowest BCUT2D eigenvalue weighted by Crippen LogP contribution is -2.44. The first-order valence-electron chi connectivity index (χ1n) is 5.05. The summed E-state index contributed by atoms with van der Waals surface area (Å²) in [6, 6.07) is 2.91. The van der Waals surface area contributed by atoms with Crippen molar-refractivity contribution in [3.63, 3.8) is 0 Å². The van der Waals surface area contributed by atoms with Gasteiger partial charge in [-0.05, 0) is 17.4 Å². The molecule has 1 rings (SSSR count). The quantitative estimate of drug-likeness (QED) is 0.821. The standard InChI is InChI=1S/C11H15NO3S/c1-7(2)10(11(14)15)12-9(13)6-8-4-3-5-16-8/h3-5,7,10H,6H2,1-2H3,(H,12,13)(H,14,15)/t10-/m1/s1. The third kappa shape index (κ3) is 3.66. The zero-order chi connectivity index (χ0) is 12.1. The Morgan fingerprint density at radius 2 is 2.19 bits per heavy atom. The largest absolute Gasteiger partial charge is 0.480 e. The highest BCUT2D eigenvalue weighted by Gasteiger charge is 2.23. The molecule has 4 nitrogen and oxygen atoms in total. The Balaban J connectivity index is 2.52. The van der Waals surface area contributed by atoms with E-state index in [1.165, 1.54) is 11.3 Å². The van der Waals surface area contributed by atoms with E-state index in [2.05, 4.69) is 5.32 Å². The van der Waals surface area contributed by atoms with Crippen LogP contribution in [-0.2, 0) is 16.0 Å². The molecular formula is C11H15NO3S. The first-order chi connectivity index (χ1) is 7.50. The van der Waals surface area contributed by atoms with E-state index in [9.17, 15) is 9.59 Å². The Kier molecular flexibility index (Phi) is 4.49. The van der Waals surface area contributed by atoms with Crippen molar-refractivity contribution in [1.82, 2.24) is 5.32 Å². The molecule has 2 N–H and O–H groups in total. The molecule has 0 aromatic carbocycles. The summed E-state index contributed by atoms with van der Waals surface area (Å²) in [5.74, 6) is -1.36. The molecule has 0 bridgehead atoms. The summed E-state index contributed by atoms with van der Waals surface area (Å²) in [6.07, 6.45) is 0.244. The predicted octanol–water partition coefficient (Wildman–Crippen LogP) is 1.52. The van der Waals surface area contributed by atoms with Gasteiger partial charge < -0.3 is 10.4 Å². The topological polar surface area (TPSA) is 66.4 Å². The van der Waals surface area contributed by atoms with Crippen LogP contribution in [0.4, 0.5) is 0 Å². The van der Waals surface area contributed by atoms with E-state index in [0.717, 1.165) is 4.88 Å². The van der Waals surface area contributed by atoms with Gasteiger partial charge in [0, 0.05) is 4.88 Å². The van der Waals surface area contributed by atoms with Crippen molar-refractivity contribution in [2.45, 2.75) is 26.3 Å². The highest BCUT2D eigenvalue weighted by molar-refractivity contribution is 7.10. The second-order valence-electron chi connectivity index (χ2n) is 3.88. The average molecular weight is 241 g/mol. The molecule has 0 aliphatic carbocycles. The van der Waals surface area contributed by atoms with E-state index in [-0.39, 0.29) is 18.2 Å². The fraction of sp³-hybridized carbons (Fsp3) is 0.455. The molecule has 0 aliphatic heterocycles. The van der Waals surface area contributed by atoms with Crippen LogP contribution in [0.1, 0.15) is 18.7 Å². The van der Waals surface area contributed by atoms with E-state index in [0.29, 0.717) is 0 Å². The zero-order valence-corrected chi connectivity index (χ0v) is 10.1. The molecule has 0 unspecified atom stereocenters. The molecule has 1 atom stereocenters. The normalized spacial score (nSPS) is 12.4. The number of carbonyl (C=O) groups is 2. The first-order valence-corrected chi connectivity index (χ1v) is 5.93. The Labute approximate surface area is 98.3 Å². The van der Waals surface area contributed by atoms with Crippen LogP contribution < -0.4 is 5.32 Å². The number of amides is 1. The summed E-state index contributed by atoms with van der Waals surface area (Å²) in [4.78, 5) is 23.4. The fourth-order valence-corrected chi connectivity index (χ4v) is 2.01. The van der Waals surface area contributed by atoms with Crippen LogP contribution in [-0.4, -0.2) is 23.0 Å². The maximum Gasteiger partial charge on any atom is 0.326 e. The highest BCUT2D eigenvalue weighted by Crippen LogP contribution is 2.09. The van der Waals surface area contributed by atoms with Gasteiger partial charge in [-0.25, -0.2) is 4.79 Å². The van der Waals surface area contributed by atoms with Gasteiger partial charge in [0.15, 0.2) is 0 Å². The van der Waals surface area contributed by atoms with Gasteiger partial charge in [0.2, 0.25) is 5.91 Å². The van der Waals surface area contributed by atoms with Gasteiger partial charge in [-0.3, -0.25) is 4.79 Å². The second kappa shape index (κ2) is 5.65. The van der Waals surface area contributed by atoms with Crippen LogP contribution in [0.15, 0.2) is 17.5 Å². The number of aliphatic carboxylic acids is 1. The molecule has 1 heterocycles. The van der Waals surface area contributed by atoms with Crippen molar-refractivity contribution < 1.29 is 14.7 Å². The summed E-state index contributed by atoms with van der Waals surface area (Å²) < 4.78 is 0. The molecule has 5 heteroatoms. The molecule has 0 spiro atoms. The van der Waals surface area contributed by atoms with Crippen molar-refractivity contribution in [2.75, 3.05) is 0 Å². The van der Waals surface area contributed by atoms with Crippen LogP contribution >= 0.6 is 11.3 Å². The van der Waals surface area contributed by atoms with Crippen molar-refractivity contribution in [3.05, 3.63) is 22.4 Å². The van der Waals surface area contributed by atoms with E-state index in [1.54, 1.807) is 13.8 Å². The smallest absolute Gasteiger partial charge is 0.326 e. The van der Waals surface area contributed by atoms with E-state index in [1.807, 2.05) is 17.5 Å². The Morgan fingerprint density at radius 1 is 1.50 bits per heavy atom.